The van der Waals surface area contributed by atoms with Crippen molar-refractivity contribution in [1.29, 1.82) is 0 Å². The topological polar surface area (TPSA) is 9.23 Å². The highest BCUT2D eigenvalue weighted by atomic mass is 19.3. The average molecular weight is 695 g/mol. The molecule has 0 atom stereocenters. The standard InChI is InChI=1S/C38H32F10O/c1-2-3-4-5-21-6-8-22(9-7-21)23-10-12-27(29(40)14-23)24-11-13-28(30(41)15-24)25-16-33(44)37(34(45)17-25)38(47,48)49-26-18-31(42)36(32(43)19-26)35(46)20-39/h10-22H,2-9H2,1H3. The predicted octanol–water partition coefficient (Wildman–Crippen LogP) is 13.1. The van der Waals surface area contributed by atoms with Crippen LogP contribution in [0.15, 0.2) is 67.0 Å². The van der Waals surface area contributed by atoms with Crippen LogP contribution in [0.25, 0.3) is 28.1 Å². The average Bonchev–Trinajstić information content (AvgIpc) is 3.04. The van der Waals surface area contributed by atoms with Crippen molar-refractivity contribution in [3.05, 3.63) is 119 Å². The molecular formula is C38H32F10O. The highest BCUT2D eigenvalue weighted by molar-refractivity contribution is 5.72. The summed E-state index contributed by atoms with van der Waals surface area (Å²) in [4.78, 5) is 0. The van der Waals surface area contributed by atoms with Crippen molar-refractivity contribution in [2.45, 2.75) is 70.3 Å². The van der Waals surface area contributed by atoms with Crippen LogP contribution in [0.2, 0.25) is 0 Å². The van der Waals surface area contributed by atoms with E-state index in [9.17, 15) is 35.1 Å². The molecule has 260 valence electrons. The number of hydrogen-bond donors (Lipinski definition) is 0. The monoisotopic (exact) mass is 694 g/mol. The van der Waals surface area contributed by atoms with E-state index >= 15 is 8.78 Å². The minimum Gasteiger partial charge on any atom is -0.429 e. The number of alkyl halides is 2. The molecule has 1 nitrogen and oxygen atoms in total. The summed E-state index contributed by atoms with van der Waals surface area (Å²) in [5.74, 6) is -11.3. The van der Waals surface area contributed by atoms with E-state index in [0.717, 1.165) is 43.4 Å². The van der Waals surface area contributed by atoms with E-state index in [-0.39, 0.29) is 34.7 Å². The van der Waals surface area contributed by atoms with Gasteiger partial charge in [-0.2, -0.15) is 8.78 Å². The van der Waals surface area contributed by atoms with Crippen LogP contribution in [0.1, 0.15) is 80.9 Å². The Balaban J connectivity index is 1.33. The lowest BCUT2D eigenvalue weighted by Gasteiger charge is -2.29. The smallest absolute Gasteiger partial charge is 0.429 e. The summed E-state index contributed by atoms with van der Waals surface area (Å²) in [6.07, 6.45) is 3.34. The first kappa shape index (κ1) is 36.0. The van der Waals surface area contributed by atoms with Crippen molar-refractivity contribution in [2.24, 2.45) is 5.92 Å². The first-order chi connectivity index (χ1) is 23.3. The molecule has 0 unspecified atom stereocenters. The van der Waals surface area contributed by atoms with E-state index in [4.69, 9.17) is 0 Å². The number of benzene rings is 4. The number of hydrogen-bond acceptors (Lipinski definition) is 1. The molecule has 49 heavy (non-hydrogen) atoms. The Morgan fingerprint density at radius 1 is 0.714 bits per heavy atom. The van der Waals surface area contributed by atoms with Gasteiger partial charge in [-0.05, 0) is 78.5 Å². The molecule has 1 aliphatic rings. The van der Waals surface area contributed by atoms with Gasteiger partial charge in [0.2, 0.25) is 0 Å². The minimum atomic E-state index is -4.86. The predicted molar refractivity (Wildman–Crippen MR) is 167 cm³/mol. The van der Waals surface area contributed by atoms with Crippen LogP contribution in [0.4, 0.5) is 43.9 Å². The molecule has 0 bridgehead atoms. The summed E-state index contributed by atoms with van der Waals surface area (Å²) in [7, 11) is 0. The largest absolute Gasteiger partial charge is 0.432 e. The Kier molecular flexibility index (Phi) is 11.1. The van der Waals surface area contributed by atoms with Crippen LogP contribution < -0.4 is 4.74 Å². The van der Waals surface area contributed by atoms with E-state index in [1.807, 2.05) is 6.07 Å². The number of rotatable bonds is 11. The maximum atomic E-state index is 15.3. The fourth-order valence-electron chi connectivity index (χ4n) is 6.50. The second kappa shape index (κ2) is 15.1. The Morgan fingerprint density at radius 2 is 1.29 bits per heavy atom. The molecule has 5 rings (SSSR count). The van der Waals surface area contributed by atoms with Crippen molar-refractivity contribution >= 4 is 5.83 Å². The molecule has 1 aliphatic carbocycles. The molecule has 4 aromatic carbocycles. The SMILES string of the molecule is CCCCCC1CCC(c2ccc(-c3ccc(-c4cc(F)c(C(F)(F)Oc5cc(F)c(C(F)=CF)c(F)c5)c(F)c4)c(F)c3)c(F)c2)CC1. The van der Waals surface area contributed by atoms with Gasteiger partial charge in [-0.3, -0.25) is 0 Å². The quantitative estimate of drug-likeness (QED) is 0.112. The summed E-state index contributed by atoms with van der Waals surface area (Å²) in [6, 6.07) is 9.21. The summed E-state index contributed by atoms with van der Waals surface area (Å²) in [6.45, 7) is 2.17. The van der Waals surface area contributed by atoms with E-state index in [2.05, 4.69) is 11.7 Å². The fraction of sp³-hybridized carbons (Fsp3) is 0.316. The zero-order valence-electron chi connectivity index (χ0n) is 26.4. The highest BCUT2D eigenvalue weighted by Crippen LogP contribution is 2.41. The lowest BCUT2D eigenvalue weighted by molar-refractivity contribution is -0.189. The van der Waals surface area contributed by atoms with Crippen LogP contribution in [0, 0.1) is 40.8 Å². The summed E-state index contributed by atoms with van der Waals surface area (Å²) < 4.78 is 148. The lowest BCUT2D eigenvalue weighted by atomic mass is 9.77. The van der Waals surface area contributed by atoms with Gasteiger partial charge in [0.05, 0.1) is 5.56 Å². The van der Waals surface area contributed by atoms with Crippen molar-refractivity contribution < 1.29 is 48.6 Å². The van der Waals surface area contributed by atoms with Gasteiger partial charge in [0.1, 0.15) is 52.5 Å². The maximum absolute atomic E-state index is 15.3. The Bertz CT molecular complexity index is 1800. The first-order valence-electron chi connectivity index (χ1n) is 15.9. The maximum Gasteiger partial charge on any atom is 0.432 e. The second-order valence-corrected chi connectivity index (χ2v) is 12.3. The van der Waals surface area contributed by atoms with Gasteiger partial charge in [0, 0.05) is 23.3 Å². The summed E-state index contributed by atoms with van der Waals surface area (Å²) in [5.41, 5.74) is -3.20. The molecule has 0 saturated heterocycles. The van der Waals surface area contributed by atoms with Crippen molar-refractivity contribution in [3.63, 3.8) is 0 Å². The highest BCUT2D eigenvalue weighted by Gasteiger charge is 2.42. The van der Waals surface area contributed by atoms with Crippen molar-refractivity contribution in [3.8, 4) is 28.0 Å². The van der Waals surface area contributed by atoms with Gasteiger partial charge in [-0.1, -0.05) is 56.9 Å². The number of halogens is 10. The van der Waals surface area contributed by atoms with Crippen molar-refractivity contribution in [2.75, 3.05) is 0 Å². The molecule has 1 fully saturated rings. The van der Waals surface area contributed by atoms with E-state index in [1.165, 1.54) is 37.8 Å². The van der Waals surface area contributed by atoms with Gasteiger partial charge in [-0.15, -0.1) is 0 Å². The number of ether oxygens (including phenoxy) is 1. The molecule has 11 heteroatoms. The fourth-order valence-corrected chi connectivity index (χ4v) is 6.50. The zero-order valence-corrected chi connectivity index (χ0v) is 26.4. The van der Waals surface area contributed by atoms with Gasteiger partial charge in [-0.25, -0.2) is 35.1 Å². The van der Waals surface area contributed by atoms with Crippen LogP contribution in [-0.4, -0.2) is 0 Å². The molecule has 0 heterocycles. The molecule has 0 aromatic heterocycles. The molecule has 0 N–H and O–H groups in total. The van der Waals surface area contributed by atoms with Gasteiger partial charge in [0.25, 0.3) is 0 Å². The Morgan fingerprint density at radius 3 is 1.86 bits per heavy atom. The molecule has 0 aliphatic heterocycles. The first-order valence-corrected chi connectivity index (χ1v) is 15.9. The van der Waals surface area contributed by atoms with Crippen LogP contribution >= 0.6 is 0 Å². The van der Waals surface area contributed by atoms with E-state index < -0.39 is 75.6 Å². The third-order valence-electron chi connectivity index (χ3n) is 9.05. The molecular weight excluding hydrogens is 662 g/mol. The summed E-state index contributed by atoms with van der Waals surface area (Å²) in [5, 5.41) is 0. The van der Waals surface area contributed by atoms with E-state index in [0.29, 0.717) is 18.1 Å². The second-order valence-electron chi connectivity index (χ2n) is 12.3. The summed E-state index contributed by atoms with van der Waals surface area (Å²) >= 11 is 0. The molecule has 0 amide bonds. The normalized spacial score (nSPS) is 17.0. The molecule has 0 spiro atoms. The molecule has 1 saturated carbocycles. The van der Waals surface area contributed by atoms with Crippen LogP contribution in [0.5, 0.6) is 5.75 Å². The van der Waals surface area contributed by atoms with Crippen LogP contribution in [-0.2, 0) is 6.11 Å². The third kappa shape index (κ3) is 7.97. The van der Waals surface area contributed by atoms with Crippen molar-refractivity contribution in [1.82, 2.24) is 0 Å². The minimum absolute atomic E-state index is 0.0767. The number of unbranched alkanes of at least 4 members (excludes halogenated alkanes) is 2. The van der Waals surface area contributed by atoms with Gasteiger partial charge < -0.3 is 4.74 Å². The van der Waals surface area contributed by atoms with E-state index in [1.54, 1.807) is 6.07 Å². The Hall–Kier alpha value is -4.28. The van der Waals surface area contributed by atoms with Gasteiger partial charge in [0.15, 0.2) is 5.83 Å². The van der Waals surface area contributed by atoms with Gasteiger partial charge >= 0.3 is 6.11 Å². The zero-order chi connectivity index (χ0) is 35.5. The Labute approximate surface area is 277 Å². The molecule has 4 aromatic rings. The molecule has 0 radical (unpaired) electrons. The van der Waals surface area contributed by atoms with Crippen LogP contribution in [0.3, 0.4) is 0 Å². The third-order valence-corrected chi connectivity index (χ3v) is 9.05. The lowest BCUT2D eigenvalue weighted by Crippen LogP contribution is -2.25.